The van der Waals surface area contributed by atoms with Gasteiger partial charge in [0.2, 0.25) is 5.91 Å². The second-order valence-corrected chi connectivity index (χ2v) is 5.89. The van der Waals surface area contributed by atoms with Crippen LogP contribution in [0.5, 0.6) is 0 Å². The molecule has 3 heteroatoms. The first-order chi connectivity index (χ1) is 7.73. The lowest BCUT2D eigenvalue weighted by Gasteiger charge is -2.26. The third-order valence-corrected chi connectivity index (χ3v) is 4.92. The van der Waals surface area contributed by atoms with Crippen molar-refractivity contribution >= 4 is 5.91 Å². The first-order valence-electron chi connectivity index (χ1n) is 6.74. The van der Waals surface area contributed by atoms with Gasteiger partial charge in [0, 0.05) is 18.5 Å². The van der Waals surface area contributed by atoms with Gasteiger partial charge in [-0.2, -0.15) is 0 Å². The van der Waals surface area contributed by atoms with Gasteiger partial charge in [0.15, 0.2) is 0 Å². The molecule has 1 spiro atoms. The van der Waals surface area contributed by atoms with E-state index in [-0.39, 0.29) is 0 Å². The van der Waals surface area contributed by atoms with Gasteiger partial charge in [0.25, 0.3) is 0 Å². The monoisotopic (exact) mass is 222 g/mol. The molecule has 16 heavy (non-hydrogen) atoms. The highest BCUT2D eigenvalue weighted by molar-refractivity contribution is 5.83. The van der Waals surface area contributed by atoms with Gasteiger partial charge in [-0.05, 0) is 57.5 Å². The molecule has 1 saturated carbocycles. The lowest BCUT2D eigenvalue weighted by molar-refractivity contribution is -0.134. The predicted molar refractivity (Wildman–Crippen MR) is 63.1 cm³/mol. The van der Waals surface area contributed by atoms with E-state index in [1.165, 1.54) is 25.7 Å². The Labute approximate surface area is 97.6 Å². The third kappa shape index (κ3) is 1.56. The smallest absolute Gasteiger partial charge is 0.226 e. The van der Waals surface area contributed by atoms with Gasteiger partial charge in [-0.1, -0.05) is 0 Å². The second-order valence-electron chi connectivity index (χ2n) is 5.89. The largest absolute Gasteiger partial charge is 0.340 e. The van der Waals surface area contributed by atoms with Crippen molar-refractivity contribution in [3.8, 4) is 0 Å². The van der Waals surface area contributed by atoms with Crippen molar-refractivity contribution in [2.45, 2.75) is 45.1 Å². The molecule has 1 N–H and O–H groups in total. The molecule has 1 aliphatic carbocycles. The Morgan fingerprint density at radius 1 is 1.38 bits per heavy atom. The fourth-order valence-electron chi connectivity index (χ4n) is 3.63. The van der Waals surface area contributed by atoms with Crippen LogP contribution in [0, 0.1) is 11.3 Å². The third-order valence-electron chi connectivity index (χ3n) is 4.92. The van der Waals surface area contributed by atoms with Crippen LogP contribution < -0.4 is 5.32 Å². The van der Waals surface area contributed by atoms with E-state index in [4.69, 9.17) is 0 Å². The Kier molecular flexibility index (Phi) is 2.46. The normalized spacial score (nSPS) is 36.7. The molecular weight excluding hydrogens is 200 g/mol. The van der Waals surface area contributed by atoms with E-state index in [0.29, 0.717) is 23.3 Å². The minimum atomic E-state index is 0.371. The van der Waals surface area contributed by atoms with Crippen LogP contribution in [-0.2, 0) is 4.79 Å². The molecule has 2 atom stereocenters. The zero-order valence-electron chi connectivity index (χ0n) is 10.2. The quantitative estimate of drug-likeness (QED) is 0.727. The molecule has 3 fully saturated rings. The van der Waals surface area contributed by atoms with Crippen molar-refractivity contribution in [3.63, 3.8) is 0 Å². The topological polar surface area (TPSA) is 32.3 Å². The van der Waals surface area contributed by atoms with E-state index in [9.17, 15) is 4.79 Å². The summed E-state index contributed by atoms with van der Waals surface area (Å²) >= 11 is 0. The van der Waals surface area contributed by atoms with Crippen molar-refractivity contribution in [2.24, 2.45) is 11.3 Å². The first-order valence-corrected chi connectivity index (χ1v) is 6.74. The van der Waals surface area contributed by atoms with E-state index in [1.807, 2.05) is 0 Å². The van der Waals surface area contributed by atoms with E-state index in [0.717, 1.165) is 26.1 Å². The number of amides is 1. The molecule has 3 rings (SSSR count). The van der Waals surface area contributed by atoms with Crippen LogP contribution in [0.2, 0.25) is 0 Å². The standard InChI is InChI=1S/C13H22N2O/c1-10-3-2-8-15(10)12(16)11-9-13(11)4-6-14-7-5-13/h10-11,14H,2-9H2,1H3. The molecule has 0 aromatic carbocycles. The Morgan fingerprint density at radius 2 is 2.12 bits per heavy atom. The summed E-state index contributed by atoms with van der Waals surface area (Å²) < 4.78 is 0. The highest BCUT2D eigenvalue weighted by atomic mass is 16.2. The summed E-state index contributed by atoms with van der Waals surface area (Å²) in [7, 11) is 0. The predicted octanol–water partition coefficient (Wildman–Crippen LogP) is 1.39. The average Bonchev–Trinajstić information content (AvgIpc) is 2.80. The van der Waals surface area contributed by atoms with Gasteiger partial charge in [-0.25, -0.2) is 0 Å². The van der Waals surface area contributed by atoms with Crippen molar-refractivity contribution in [1.29, 1.82) is 0 Å². The minimum Gasteiger partial charge on any atom is -0.340 e. The maximum atomic E-state index is 12.4. The summed E-state index contributed by atoms with van der Waals surface area (Å²) in [6.45, 7) is 5.42. The average molecular weight is 222 g/mol. The van der Waals surface area contributed by atoms with Crippen LogP contribution in [0.4, 0.5) is 0 Å². The SMILES string of the molecule is CC1CCCN1C(=O)C1CC12CCNCC2. The van der Waals surface area contributed by atoms with Crippen LogP contribution in [-0.4, -0.2) is 36.5 Å². The molecule has 2 aliphatic heterocycles. The molecular formula is C13H22N2O. The zero-order chi connectivity index (χ0) is 11.2. The fraction of sp³-hybridized carbons (Fsp3) is 0.923. The first kappa shape index (κ1) is 10.6. The Balaban J connectivity index is 1.64. The molecule has 3 aliphatic rings. The molecule has 0 radical (unpaired) electrons. The van der Waals surface area contributed by atoms with Crippen LogP contribution in [0.3, 0.4) is 0 Å². The van der Waals surface area contributed by atoms with E-state index in [1.54, 1.807) is 0 Å². The summed E-state index contributed by atoms with van der Waals surface area (Å²) in [6, 6.07) is 0.492. The summed E-state index contributed by atoms with van der Waals surface area (Å²) in [4.78, 5) is 14.5. The Morgan fingerprint density at radius 3 is 2.75 bits per heavy atom. The van der Waals surface area contributed by atoms with Gasteiger partial charge in [-0.3, -0.25) is 4.79 Å². The maximum absolute atomic E-state index is 12.4. The zero-order valence-corrected chi connectivity index (χ0v) is 10.2. The highest BCUT2D eigenvalue weighted by Gasteiger charge is 2.58. The Bertz CT molecular complexity index is 296. The van der Waals surface area contributed by atoms with Crippen LogP contribution in [0.15, 0.2) is 0 Å². The van der Waals surface area contributed by atoms with Crippen LogP contribution >= 0.6 is 0 Å². The maximum Gasteiger partial charge on any atom is 0.226 e. The summed E-state index contributed by atoms with van der Waals surface area (Å²) in [5.74, 6) is 0.835. The summed E-state index contributed by atoms with van der Waals surface area (Å²) in [5.41, 5.74) is 0.407. The molecule has 3 nitrogen and oxygen atoms in total. The van der Waals surface area contributed by atoms with Crippen molar-refractivity contribution in [3.05, 3.63) is 0 Å². The van der Waals surface area contributed by atoms with Crippen LogP contribution in [0.25, 0.3) is 0 Å². The highest BCUT2D eigenvalue weighted by Crippen LogP contribution is 2.59. The van der Waals surface area contributed by atoms with Gasteiger partial charge in [-0.15, -0.1) is 0 Å². The summed E-state index contributed by atoms with van der Waals surface area (Å²) in [5, 5.41) is 3.39. The fourth-order valence-corrected chi connectivity index (χ4v) is 3.63. The number of nitrogens with zero attached hydrogens (tertiary/aromatic N) is 1. The molecule has 2 heterocycles. The Hall–Kier alpha value is -0.570. The van der Waals surface area contributed by atoms with E-state index in [2.05, 4.69) is 17.1 Å². The van der Waals surface area contributed by atoms with Gasteiger partial charge < -0.3 is 10.2 Å². The number of carbonyl (C=O) groups is 1. The molecule has 0 bridgehead atoms. The number of nitrogens with one attached hydrogen (secondary N) is 1. The van der Waals surface area contributed by atoms with Crippen molar-refractivity contribution in [1.82, 2.24) is 10.2 Å². The number of likely N-dealkylation sites (tertiary alicyclic amines) is 1. The molecule has 2 unspecified atom stereocenters. The van der Waals surface area contributed by atoms with E-state index >= 15 is 0 Å². The number of piperidine rings is 1. The van der Waals surface area contributed by atoms with Gasteiger partial charge in [0.1, 0.15) is 0 Å². The molecule has 1 amide bonds. The molecule has 90 valence electrons. The lowest BCUT2D eigenvalue weighted by atomic mass is 9.91. The molecule has 2 saturated heterocycles. The minimum absolute atomic E-state index is 0.371. The lowest BCUT2D eigenvalue weighted by Crippen LogP contribution is -2.38. The van der Waals surface area contributed by atoms with Crippen LogP contribution in [0.1, 0.15) is 39.0 Å². The van der Waals surface area contributed by atoms with Crippen molar-refractivity contribution < 1.29 is 4.79 Å². The van der Waals surface area contributed by atoms with E-state index < -0.39 is 0 Å². The number of hydrogen-bond donors (Lipinski definition) is 1. The summed E-state index contributed by atoms with van der Waals surface area (Å²) in [6.07, 6.45) is 6.00. The number of rotatable bonds is 1. The van der Waals surface area contributed by atoms with Gasteiger partial charge in [0.05, 0.1) is 0 Å². The van der Waals surface area contributed by atoms with Gasteiger partial charge >= 0.3 is 0 Å². The number of hydrogen-bond acceptors (Lipinski definition) is 2. The molecule has 0 aromatic heterocycles. The molecule has 0 aromatic rings. The second kappa shape index (κ2) is 3.73. The number of carbonyl (C=O) groups excluding carboxylic acids is 1. The van der Waals surface area contributed by atoms with Crippen molar-refractivity contribution in [2.75, 3.05) is 19.6 Å².